The lowest BCUT2D eigenvalue weighted by Crippen LogP contribution is -1.97. The minimum absolute atomic E-state index is 0.610. The number of hydrogen-bond donors (Lipinski definition) is 1. The summed E-state index contributed by atoms with van der Waals surface area (Å²) in [5.41, 5.74) is 1.43. The number of rotatable bonds is 2. The number of aromatic amines is 1. The van der Waals surface area contributed by atoms with Gasteiger partial charge in [-0.2, -0.15) is 5.10 Å². The standard InChI is InChI=1S/C10H7N5O/c16-4-7-2-12-9-3-13-10(1-8(7)9)15-6-11-5-14-15/h1-6,12H. The molecular formula is C10H7N5O. The van der Waals surface area contributed by atoms with Crippen LogP contribution in [0.2, 0.25) is 0 Å². The highest BCUT2D eigenvalue weighted by atomic mass is 16.1. The Bertz CT molecular complexity index is 640. The molecule has 3 rings (SSSR count). The van der Waals surface area contributed by atoms with Crippen molar-refractivity contribution in [2.24, 2.45) is 0 Å². The fraction of sp³-hybridized carbons (Fsp3) is 0. The highest BCUT2D eigenvalue weighted by molar-refractivity contribution is 5.97. The van der Waals surface area contributed by atoms with Crippen molar-refractivity contribution in [3.8, 4) is 5.82 Å². The van der Waals surface area contributed by atoms with E-state index < -0.39 is 0 Å². The maximum absolute atomic E-state index is 10.8. The zero-order valence-electron chi connectivity index (χ0n) is 8.16. The molecule has 6 nitrogen and oxygen atoms in total. The van der Waals surface area contributed by atoms with Gasteiger partial charge in [-0.15, -0.1) is 0 Å². The third-order valence-corrected chi connectivity index (χ3v) is 2.36. The van der Waals surface area contributed by atoms with Crippen molar-refractivity contribution in [2.75, 3.05) is 0 Å². The van der Waals surface area contributed by atoms with Crippen LogP contribution < -0.4 is 0 Å². The summed E-state index contributed by atoms with van der Waals surface area (Å²) >= 11 is 0. The molecule has 0 aliphatic carbocycles. The molecular weight excluding hydrogens is 206 g/mol. The summed E-state index contributed by atoms with van der Waals surface area (Å²) in [5, 5.41) is 4.81. The van der Waals surface area contributed by atoms with Crippen LogP contribution in [0.3, 0.4) is 0 Å². The Balaban J connectivity index is 2.25. The maximum atomic E-state index is 10.8. The molecule has 6 heteroatoms. The third kappa shape index (κ3) is 1.20. The van der Waals surface area contributed by atoms with Crippen molar-refractivity contribution in [1.29, 1.82) is 0 Å². The van der Waals surface area contributed by atoms with E-state index in [-0.39, 0.29) is 0 Å². The molecule has 0 atom stereocenters. The number of aromatic nitrogens is 5. The molecule has 0 saturated carbocycles. The van der Waals surface area contributed by atoms with Crippen molar-refractivity contribution in [3.05, 3.63) is 36.7 Å². The molecule has 0 fully saturated rings. The van der Waals surface area contributed by atoms with E-state index in [2.05, 4.69) is 20.1 Å². The van der Waals surface area contributed by atoms with Gasteiger partial charge >= 0.3 is 0 Å². The van der Waals surface area contributed by atoms with E-state index >= 15 is 0 Å². The van der Waals surface area contributed by atoms with Crippen LogP contribution in [0.25, 0.3) is 16.7 Å². The average molecular weight is 213 g/mol. The van der Waals surface area contributed by atoms with Crippen molar-refractivity contribution in [2.45, 2.75) is 0 Å². The van der Waals surface area contributed by atoms with Crippen LogP contribution in [0.15, 0.2) is 31.1 Å². The summed E-state index contributed by atoms with van der Waals surface area (Å²) in [6.07, 6.45) is 7.12. The van der Waals surface area contributed by atoms with Gasteiger partial charge in [-0.25, -0.2) is 14.6 Å². The smallest absolute Gasteiger partial charge is 0.155 e. The highest BCUT2D eigenvalue weighted by Gasteiger charge is 2.05. The largest absolute Gasteiger partial charge is 0.359 e. The van der Waals surface area contributed by atoms with Crippen LogP contribution in [0.1, 0.15) is 10.4 Å². The molecule has 0 aromatic carbocycles. The van der Waals surface area contributed by atoms with Gasteiger partial charge in [-0.1, -0.05) is 0 Å². The molecule has 0 radical (unpaired) electrons. The maximum Gasteiger partial charge on any atom is 0.155 e. The van der Waals surface area contributed by atoms with E-state index in [0.29, 0.717) is 11.4 Å². The Morgan fingerprint density at radius 1 is 1.44 bits per heavy atom. The first-order valence-electron chi connectivity index (χ1n) is 4.66. The SMILES string of the molecule is O=Cc1c[nH]c2cnc(-n3cncn3)cc12. The summed E-state index contributed by atoms with van der Waals surface area (Å²) < 4.78 is 1.54. The van der Waals surface area contributed by atoms with E-state index in [1.165, 1.54) is 6.33 Å². The predicted molar refractivity (Wildman–Crippen MR) is 56.4 cm³/mol. The molecule has 16 heavy (non-hydrogen) atoms. The Labute approximate surface area is 90.0 Å². The molecule has 78 valence electrons. The molecule has 0 aliphatic rings. The van der Waals surface area contributed by atoms with Gasteiger partial charge in [0, 0.05) is 17.1 Å². The first-order chi connectivity index (χ1) is 7.88. The third-order valence-electron chi connectivity index (χ3n) is 2.36. The summed E-state index contributed by atoms with van der Waals surface area (Å²) in [6.45, 7) is 0. The summed E-state index contributed by atoms with van der Waals surface area (Å²) in [5.74, 6) is 0.632. The molecule has 0 aliphatic heterocycles. The molecule has 0 unspecified atom stereocenters. The minimum Gasteiger partial charge on any atom is -0.359 e. The van der Waals surface area contributed by atoms with Crippen LogP contribution in [0.5, 0.6) is 0 Å². The van der Waals surface area contributed by atoms with Gasteiger partial charge in [-0.3, -0.25) is 4.79 Å². The zero-order valence-corrected chi connectivity index (χ0v) is 8.16. The van der Waals surface area contributed by atoms with Gasteiger partial charge in [0.1, 0.15) is 12.7 Å². The normalized spacial score (nSPS) is 10.8. The summed E-state index contributed by atoms with van der Waals surface area (Å²) in [6, 6.07) is 1.80. The van der Waals surface area contributed by atoms with E-state index in [9.17, 15) is 4.79 Å². The quantitative estimate of drug-likeness (QED) is 0.643. The first-order valence-corrected chi connectivity index (χ1v) is 4.66. The van der Waals surface area contributed by atoms with E-state index in [1.807, 2.05) is 0 Å². The van der Waals surface area contributed by atoms with Crippen LogP contribution in [0, 0.1) is 0 Å². The fourth-order valence-electron chi connectivity index (χ4n) is 1.58. The molecule has 1 N–H and O–H groups in total. The van der Waals surface area contributed by atoms with Gasteiger partial charge in [0.15, 0.2) is 12.1 Å². The number of aldehydes is 1. The van der Waals surface area contributed by atoms with Crippen molar-refractivity contribution >= 4 is 17.2 Å². The minimum atomic E-state index is 0.610. The molecule has 3 aromatic heterocycles. The number of fused-ring (bicyclic) bond motifs is 1. The monoisotopic (exact) mass is 213 g/mol. The van der Waals surface area contributed by atoms with Gasteiger partial charge in [0.2, 0.25) is 0 Å². The number of pyridine rings is 1. The molecule has 3 heterocycles. The lowest BCUT2D eigenvalue weighted by Gasteiger charge is -1.98. The summed E-state index contributed by atoms with van der Waals surface area (Å²) in [7, 11) is 0. The molecule has 3 aromatic rings. The second kappa shape index (κ2) is 3.27. The number of carbonyl (C=O) groups is 1. The molecule has 0 saturated heterocycles. The Morgan fingerprint density at radius 2 is 2.38 bits per heavy atom. The van der Waals surface area contributed by atoms with Gasteiger partial charge in [-0.05, 0) is 6.07 Å². The lowest BCUT2D eigenvalue weighted by molar-refractivity contribution is 0.112. The number of nitrogens with one attached hydrogen (secondary N) is 1. The number of hydrogen-bond acceptors (Lipinski definition) is 4. The topological polar surface area (TPSA) is 76.5 Å². The predicted octanol–water partition coefficient (Wildman–Crippen LogP) is 0.956. The van der Waals surface area contributed by atoms with Gasteiger partial charge in [0.25, 0.3) is 0 Å². The second-order valence-corrected chi connectivity index (χ2v) is 3.29. The Morgan fingerprint density at radius 3 is 3.12 bits per heavy atom. The van der Waals surface area contributed by atoms with Crippen LogP contribution in [0.4, 0.5) is 0 Å². The van der Waals surface area contributed by atoms with E-state index in [0.717, 1.165) is 17.2 Å². The Hall–Kier alpha value is -2.50. The lowest BCUT2D eigenvalue weighted by atomic mass is 10.2. The van der Waals surface area contributed by atoms with Gasteiger partial charge in [0.05, 0.1) is 11.7 Å². The number of H-pyrrole nitrogens is 1. The number of nitrogens with zero attached hydrogens (tertiary/aromatic N) is 4. The van der Waals surface area contributed by atoms with E-state index in [4.69, 9.17) is 0 Å². The van der Waals surface area contributed by atoms with Crippen molar-refractivity contribution in [3.63, 3.8) is 0 Å². The van der Waals surface area contributed by atoms with Crippen LogP contribution in [-0.2, 0) is 0 Å². The van der Waals surface area contributed by atoms with Gasteiger partial charge < -0.3 is 4.98 Å². The zero-order chi connectivity index (χ0) is 11.0. The first kappa shape index (κ1) is 8.78. The van der Waals surface area contributed by atoms with E-state index in [1.54, 1.807) is 29.5 Å². The second-order valence-electron chi connectivity index (χ2n) is 3.29. The highest BCUT2D eigenvalue weighted by Crippen LogP contribution is 2.17. The fourth-order valence-corrected chi connectivity index (χ4v) is 1.58. The van der Waals surface area contributed by atoms with Crippen LogP contribution >= 0.6 is 0 Å². The molecule has 0 amide bonds. The Kier molecular flexibility index (Phi) is 1.79. The van der Waals surface area contributed by atoms with Crippen molar-refractivity contribution in [1.82, 2.24) is 24.7 Å². The van der Waals surface area contributed by atoms with Crippen molar-refractivity contribution < 1.29 is 4.79 Å². The van der Waals surface area contributed by atoms with Crippen LogP contribution in [-0.4, -0.2) is 31.0 Å². The summed E-state index contributed by atoms with van der Waals surface area (Å²) in [4.78, 5) is 21.8. The average Bonchev–Trinajstić information content (AvgIpc) is 2.97. The molecule has 0 spiro atoms. The molecule has 0 bridgehead atoms. The number of carbonyl (C=O) groups excluding carboxylic acids is 1.